The SMILES string of the molecule is C=CCC(C[C@@H]1C[C@@H](O[Si](C)(C)C(C)(C)C)CN1C(=O)OC(C)(C)C)C(=O)OCC. The van der Waals surface area contributed by atoms with Crippen LogP contribution in [0.1, 0.15) is 67.7 Å². The van der Waals surface area contributed by atoms with Gasteiger partial charge in [0.1, 0.15) is 5.60 Å². The van der Waals surface area contributed by atoms with Crippen LogP contribution in [0.2, 0.25) is 18.1 Å². The minimum absolute atomic E-state index is 0.0602. The van der Waals surface area contributed by atoms with Crippen molar-refractivity contribution in [1.29, 1.82) is 0 Å². The number of ether oxygens (including phenoxy) is 2. The number of rotatable bonds is 8. The highest BCUT2D eigenvalue weighted by atomic mass is 28.4. The van der Waals surface area contributed by atoms with Crippen LogP contribution in [0.15, 0.2) is 12.7 Å². The van der Waals surface area contributed by atoms with Crippen LogP contribution in [0.3, 0.4) is 0 Å². The Hall–Kier alpha value is -1.34. The fourth-order valence-electron chi connectivity index (χ4n) is 3.40. The highest BCUT2D eigenvalue weighted by molar-refractivity contribution is 6.74. The molecule has 0 aromatic carbocycles. The number of amides is 1. The molecule has 174 valence electrons. The quantitative estimate of drug-likeness (QED) is 0.281. The van der Waals surface area contributed by atoms with E-state index in [2.05, 4.69) is 40.4 Å². The number of esters is 1. The van der Waals surface area contributed by atoms with Crippen LogP contribution in [-0.4, -0.2) is 56.2 Å². The molecule has 1 saturated heterocycles. The normalized spacial score (nSPS) is 21.3. The molecule has 1 fully saturated rings. The van der Waals surface area contributed by atoms with E-state index in [0.29, 0.717) is 32.4 Å². The highest BCUT2D eigenvalue weighted by Crippen LogP contribution is 2.39. The van der Waals surface area contributed by atoms with E-state index < -0.39 is 13.9 Å². The van der Waals surface area contributed by atoms with Gasteiger partial charge in [0.05, 0.1) is 18.6 Å². The number of carbonyl (C=O) groups excluding carboxylic acids is 2. The molecular formula is C23H43NO5Si. The topological polar surface area (TPSA) is 65.1 Å². The Morgan fingerprint density at radius 1 is 1.20 bits per heavy atom. The van der Waals surface area contributed by atoms with Crippen LogP contribution in [0, 0.1) is 5.92 Å². The van der Waals surface area contributed by atoms with E-state index in [9.17, 15) is 9.59 Å². The van der Waals surface area contributed by atoms with Gasteiger partial charge in [-0.15, -0.1) is 6.58 Å². The summed E-state index contributed by atoms with van der Waals surface area (Å²) in [6.07, 6.45) is 3.05. The molecule has 1 amide bonds. The van der Waals surface area contributed by atoms with Gasteiger partial charge in [0.15, 0.2) is 8.32 Å². The smallest absolute Gasteiger partial charge is 0.410 e. The van der Waals surface area contributed by atoms with Crippen molar-refractivity contribution in [3.63, 3.8) is 0 Å². The van der Waals surface area contributed by atoms with E-state index in [0.717, 1.165) is 0 Å². The van der Waals surface area contributed by atoms with E-state index in [-0.39, 0.29) is 35.2 Å². The third-order valence-electron chi connectivity index (χ3n) is 5.90. The zero-order valence-corrected chi connectivity index (χ0v) is 21.5. The molecule has 0 N–H and O–H groups in total. The summed E-state index contributed by atoms with van der Waals surface area (Å²) in [6, 6.07) is -0.135. The molecule has 0 saturated carbocycles. The summed E-state index contributed by atoms with van der Waals surface area (Å²) >= 11 is 0. The number of hydrogen-bond acceptors (Lipinski definition) is 5. The fraction of sp³-hybridized carbons (Fsp3) is 0.826. The molecule has 6 nitrogen and oxygen atoms in total. The second-order valence-electron chi connectivity index (χ2n) is 10.7. The third kappa shape index (κ3) is 7.73. The molecule has 3 atom stereocenters. The number of carbonyl (C=O) groups is 2. The predicted octanol–water partition coefficient (Wildman–Crippen LogP) is 5.53. The van der Waals surface area contributed by atoms with Gasteiger partial charge in [-0.1, -0.05) is 26.8 Å². The third-order valence-corrected chi connectivity index (χ3v) is 10.4. The average molecular weight is 442 g/mol. The first-order chi connectivity index (χ1) is 13.6. The molecule has 30 heavy (non-hydrogen) atoms. The van der Waals surface area contributed by atoms with Crippen LogP contribution < -0.4 is 0 Å². The van der Waals surface area contributed by atoms with Crippen molar-refractivity contribution in [2.24, 2.45) is 5.92 Å². The molecule has 1 rings (SSSR count). The zero-order chi connectivity index (χ0) is 23.3. The average Bonchev–Trinajstić information content (AvgIpc) is 2.94. The van der Waals surface area contributed by atoms with Gasteiger partial charge in [0.25, 0.3) is 0 Å². The molecule has 0 aliphatic carbocycles. The van der Waals surface area contributed by atoms with Gasteiger partial charge in [-0.25, -0.2) is 4.79 Å². The number of nitrogens with zero attached hydrogens (tertiary/aromatic N) is 1. The number of likely N-dealkylation sites (tertiary alicyclic amines) is 1. The lowest BCUT2D eigenvalue weighted by molar-refractivity contribution is -0.148. The van der Waals surface area contributed by atoms with Crippen molar-refractivity contribution in [2.75, 3.05) is 13.2 Å². The predicted molar refractivity (Wildman–Crippen MR) is 123 cm³/mol. The summed E-state index contributed by atoms with van der Waals surface area (Å²) in [5.41, 5.74) is -0.582. The summed E-state index contributed by atoms with van der Waals surface area (Å²) in [5, 5.41) is 0.0815. The van der Waals surface area contributed by atoms with Crippen molar-refractivity contribution in [1.82, 2.24) is 4.90 Å². The van der Waals surface area contributed by atoms with Gasteiger partial charge in [0, 0.05) is 12.6 Å². The van der Waals surface area contributed by atoms with Crippen LogP contribution >= 0.6 is 0 Å². The molecule has 7 heteroatoms. The summed E-state index contributed by atoms with van der Waals surface area (Å²) in [6.45, 7) is 23.0. The van der Waals surface area contributed by atoms with Crippen molar-refractivity contribution >= 4 is 20.4 Å². The van der Waals surface area contributed by atoms with Crippen molar-refractivity contribution < 1.29 is 23.5 Å². The minimum Gasteiger partial charge on any atom is -0.466 e. The van der Waals surface area contributed by atoms with Gasteiger partial charge in [-0.2, -0.15) is 0 Å². The zero-order valence-electron chi connectivity index (χ0n) is 20.5. The lowest BCUT2D eigenvalue weighted by Crippen LogP contribution is -2.45. The molecule has 1 heterocycles. The Morgan fingerprint density at radius 2 is 1.80 bits per heavy atom. The lowest BCUT2D eigenvalue weighted by Gasteiger charge is -2.38. The van der Waals surface area contributed by atoms with Gasteiger partial charge >= 0.3 is 12.1 Å². The second-order valence-corrected chi connectivity index (χ2v) is 15.5. The first-order valence-electron chi connectivity index (χ1n) is 11.1. The second kappa shape index (κ2) is 10.3. The summed E-state index contributed by atoms with van der Waals surface area (Å²) in [4.78, 5) is 27.1. The van der Waals surface area contributed by atoms with E-state index in [1.165, 1.54) is 0 Å². The molecule has 1 aliphatic heterocycles. The van der Waals surface area contributed by atoms with Gasteiger partial charge in [0.2, 0.25) is 0 Å². The maximum atomic E-state index is 12.9. The Morgan fingerprint density at radius 3 is 2.27 bits per heavy atom. The minimum atomic E-state index is -1.99. The largest absolute Gasteiger partial charge is 0.466 e. The van der Waals surface area contributed by atoms with Crippen LogP contribution in [0.25, 0.3) is 0 Å². The molecule has 0 bridgehead atoms. The maximum absolute atomic E-state index is 12.9. The van der Waals surface area contributed by atoms with E-state index in [4.69, 9.17) is 13.9 Å². The van der Waals surface area contributed by atoms with Gasteiger partial charge in [-0.3, -0.25) is 4.79 Å². The number of allylic oxidation sites excluding steroid dienone is 1. The standard InChI is InChI=1S/C23H43NO5Si/c1-11-13-17(20(25)27-12-2)14-18-15-19(29-30(9,10)23(6,7)8)16-24(18)21(26)28-22(3,4)5/h11,17-19H,1,12-16H2,2-10H3/t17?,18-,19-/m1/s1. The molecule has 1 aliphatic rings. The Kier molecular flexibility index (Phi) is 9.17. The van der Waals surface area contributed by atoms with Crippen molar-refractivity contribution in [3.05, 3.63) is 12.7 Å². The van der Waals surface area contributed by atoms with E-state index in [1.807, 2.05) is 20.8 Å². The van der Waals surface area contributed by atoms with Crippen molar-refractivity contribution in [3.8, 4) is 0 Å². The summed E-state index contributed by atoms with van der Waals surface area (Å²) in [7, 11) is -1.99. The first-order valence-corrected chi connectivity index (χ1v) is 14.0. The maximum Gasteiger partial charge on any atom is 0.410 e. The van der Waals surface area contributed by atoms with Crippen molar-refractivity contribution in [2.45, 2.75) is 104 Å². The van der Waals surface area contributed by atoms with Crippen LogP contribution in [-0.2, 0) is 18.7 Å². The Bertz CT molecular complexity index is 606. The van der Waals surface area contributed by atoms with E-state index >= 15 is 0 Å². The van der Waals surface area contributed by atoms with Gasteiger partial charge < -0.3 is 18.8 Å². The Balaban J connectivity index is 3.06. The van der Waals surface area contributed by atoms with Crippen LogP contribution in [0.4, 0.5) is 4.79 Å². The molecule has 0 spiro atoms. The van der Waals surface area contributed by atoms with Gasteiger partial charge in [-0.05, 0) is 65.1 Å². The lowest BCUT2D eigenvalue weighted by atomic mass is 9.95. The monoisotopic (exact) mass is 441 g/mol. The fourth-order valence-corrected chi connectivity index (χ4v) is 4.76. The number of hydrogen-bond donors (Lipinski definition) is 0. The first kappa shape index (κ1) is 26.7. The molecule has 0 aromatic rings. The molecular weight excluding hydrogens is 398 g/mol. The molecule has 0 aromatic heterocycles. The molecule has 0 radical (unpaired) electrons. The molecule has 1 unspecified atom stereocenters. The van der Waals surface area contributed by atoms with Crippen LogP contribution in [0.5, 0.6) is 0 Å². The summed E-state index contributed by atoms with van der Waals surface area (Å²) in [5.74, 6) is -0.570. The highest BCUT2D eigenvalue weighted by Gasteiger charge is 2.45. The van der Waals surface area contributed by atoms with E-state index in [1.54, 1.807) is 17.9 Å². The Labute approximate surface area is 184 Å². The summed E-state index contributed by atoms with van der Waals surface area (Å²) < 4.78 is 17.5.